The number of hydrogen-bond donors (Lipinski definition) is 0. The van der Waals surface area contributed by atoms with E-state index in [0.29, 0.717) is 0 Å². The molecular formula is C52H43SiZr-6. The van der Waals surface area contributed by atoms with Crippen molar-refractivity contribution in [1.82, 2.24) is 0 Å². The van der Waals surface area contributed by atoms with Crippen molar-refractivity contribution in [1.29, 1.82) is 0 Å². The molecule has 2 aliphatic rings. The van der Waals surface area contributed by atoms with Crippen molar-refractivity contribution in [2.24, 2.45) is 0 Å². The van der Waals surface area contributed by atoms with Gasteiger partial charge in [-0.25, -0.2) is 0 Å². The Morgan fingerprint density at radius 1 is 0.481 bits per heavy atom. The molecule has 0 saturated heterocycles. The van der Waals surface area contributed by atoms with Gasteiger partial charge in [-0.1, -0.05) is 182 Å². The van der Waals surface area contributed by atoms with Crippen molar-refractivity contribution in [3.05, 3.63) is 219 Å². The van der Waals surface area contributed by atoms with Crippen molar-refractivity contribution in [3.8, 4) is 0 Å². The molecule has 0 saturated carbocycles. The Hall–Kier alpha value is -4.88. The zero-order valence-corrected chi connectivity index (χ0v) is 34.9. The molecule has 2 atom stereocenters. The molecule has 0 heterocycles. The third-order valence-electron chi connectivity index (χ3n) is 11.7. The van der Waals surface area contributed by atoms with E-state index < -0.39 is 8.80 Å². The standard InChI is InChI=1S/C47H38Si.C5H5.Zr/c1-46(40-25-13-19-31-15-5-9-21-35(31)40)29-33-17-7-11-23-37(33)44(46)39-27-28-42(48(3)4)43(39)45-38-24-12-8-18-34(38)30-47(45,2)41-26-14-20-32-16-6-10-22-36(32)41;1-2-4-5-3-1;/h5-30H,1-4H3;1-5H;/q-1;-5;. The van der Waals surface area contributed by atoms with E-state index in [1.54, 1.807) is 0 Å². The average molecular weight is 787 g/mol. The van der Waals surface area contributed by atoms with Gasteiger partial charge in [0.2, 0.25) is 0 Å². The van der Waals surface area contributed by atoms with Gasteiger partial charge in [0.1, 0.15) is 0 Å². The quantitative estimate of drug-likeness (QED) is 0.121. The van der Waals surface area contributed by atoms with Gasteiger partial charge in [0.25, 0.3) is 0 Å². The number of hydrogen-bond acceptors (Lipinski definition) is 0. The van der Waals surface area contributed by atoms with E-state index >= 15 is 0 Å². The molecule has 265 valence electrons. The third kappa shape index (κ3) is 5.83. The summed E-state index contributed by atoms with van der Waals surface area (Å²) in [6.45, 7) is 9.83. The largest absolute Gasteiger partial charge is 0.748 e. The zero-order chi connectivity index (χ0) is 36.2. The topological polar surface area (TPSA) is 0 Å². The summed E-state index contributed by atoms with van der Waals surface area (Å²) < 4.78 is 0. The maximum absolute atomic E-state index is 2.54. The molecule has 0 fully saturated rings. The van der Waals surface area contributed by atoms with Crippen LogP contribution in [-0.2, 0) is 37.0 Å². The van der Waals surface area contributed by atoms with Crippen LogP contribution in [0.2, 0.25) is 13.1 Å². The Morgan fingerprint density at radius 2 is 0.907 bits per heavy atom. The molecule has 0 aliphatic heterocycles. The Kier molecular flexibility index (Phi) is 9.63. The summed E-state index contributed by atoms with van der Waals surface area (Å²) in [5, 5.41) is 12.1. The molecule has 1 radical (unpaired) electrons. The molecule has 0 aromatic heterocycles. The van der Waals surface area contributed by atoms with Crippen molar-refractivity contribution < 1.29 is 26.2 Å². The second kappa shape index (κ2) is 14.4. The van der Waals surface area contributed by atoms with Gasteiger partial charge in [0.05, 0.1) is 0 Å². The minimum absolute atomic E-state index is 0. The van der Waals surface area contributed by atoms with E-state index in [1.165, 1.54) is 81.0 Å². The van der Waals surface area contributed by atoms with Crippen LogP contribution in [0.4, 0.5) is 0 Å². The number of fused-ring (bicyclic) bond motifs is 4. The molecule has 10 rings (SSSR count). The molecule has 0 N–H and O–H groups in total. The Morgan fingerprint density at radius 3 is 1.43 bits per heavy atom. The van der Waals surface area contributed by atoms with Crippen LogP contribution in [0.25, 0.3) is 44.8 Å². The Balaban J connectivity index is 0.000000640. The van der Waals surface area contributed by atoms with Crippen molar-refractivity contribution >= 4 is 58.8 Å². The van der Waals surface area contributed by atoms with Crippen LogP contribution >= 0.6 is 0 Å². The maximum atomic E-state index is 2.54. The molecule has 8 aromatic carbocycles. The summed E-state index contributed by atoms with van der Waals surface area (Å²) in [6.07, 6.45) is 5.07. The van der Waals surface area contributed by atoms with E-state index in [-0.39, 0.29) is 37.0 Å². The molecule has 8 aromatic rings. The summed E-state index contributed by atoms with van der Waals surface area (Å²) in [4.78, 5) is 0. The molecule has 0 amide bonds. The number of benzene rings is 6. The molecule has 2 heteroatoms. The first kappa shape index (κ1) is 36.1. The zero-order valence-electron chi connectivity index (χ0n) is 31.4. The van der Waals surface area contributed by atoms with Crippen LogP contribution in [0.1, 0.15) is 36.1 Å². The van der Waals surface area contributed by atoms with Gasteiger partial charge in [0.15, 0.2) is 0 Å². The minimum Gasteiger partial charge on any atom is -0.748 e. The van der Waals surface area contributed by atoms with E-state index in [9.17, 15) is 0 Å². The van der Waals surface area contributed by atoms with E-state index in [0.717, 1.165) is 0 Å². The van der Waals surface area contributed by atoms with E-state index in [1.807, 2.05) is 30.3 Å². The van der Waals surface area contributed by atoms with Crippen LogP contribution in [0, 0.1) is 0 Å². The summed E-state index contributed by atoms with van der Waals surface area (Å²) >= 11 is 0. The van der Waals surface area contributed by atoms with Gasteiger partial charge >= 0.3 is 0 Å². The monoisotopic (exact) mass is 785 g/mol. The van der Waals surface area contributed by atoms with Crippen LogP contribution in [0.15, 0.2) is 176 Å². The SMILES string of the molecule is C[Si](C)[c-]1ccc(C2=c3ccccc3=CC2(C)c2cccc3ccccc23)c1C1=c2ccccc2=CC1(C)c1cccc2ccccc12.[Zr].[cH-]1[cH-][cH-][cH-][cH-]1. The summed E-state index contributed by atoms with van der Waals surface area (Å²) in [7, 11) is -0.831. The van der Waals surface area contributed by atoms with Crippen molar-refractivity contribution in [2.45, 2.75) is 37.8 Å². The summed E-state index contributed by atoms with van der Waals surface area (Å²) in [5.74, 6) is 0. The molecule has 0 nitrogen and oxygen atoms in total. The fourth-order valence-corrected chi connectivity index (χ4v) is 10.5. The molecular weight excluding hydrogens is 744 g/mol. The molecule has 0 bridgehead atoms. The first-order valence-corrected chi connectivity index (χ1v) is 21.3. The maximum Gasteiger partial charge on any atom is 0.0288 e. The summed E-state index contributed by atoms with van der Waals surface area (Å²) in [5.41, 5.74) is 7.75. The Bertz CT molecular complexity index is 2880. The van der Waals surface area contributed by atoms with Crippen LogP contribution < -0.4 is 26.1 Å². The van der Waals surface area contributed by atoms with Gasteiger partial charge in [-0.3, -0.25) is 0 Å². The molecule has 54 heavy (non-hydrogen) atoms. The normalized spacial score (nSPS) is 18.4. The fourth-order valence-electron chi connectivity index (χ4n) is 9.32. The molecule has 2 unspecified atom stereocenters. The van der Waals surface area contributed by atoms with E-state index in [4.69, 9.17) is 0 Å². The fraction of sp³-hybridized carbons (Fsp3) is 0.115. The van der Waals surface area contributed by atoms with Crippen LogP contribution in [0.5, 0.6) is 0 Å². The van der Waals surface area contributed by atoms with Gasteiger partial charge in [0, 0.05) is 45.8 Å². The second-order valence-corrected chi connectivity index (χ2v) is 17.7. The summed E-state index contributed by atoms with van der Waals surface area (Å²) in [6, 6.07) is 64.5. The van der Waals surface area contributed by atoms with E-state index in [2.05, 4.69) is 185 Å². The smallest absolute Gasteiger partial charge is 0.0288 e. The molecule has 2 aliphatic carbocycles. The van der Waals surface area contributed by atoms with Crippen molar-refractivity contribution in [2.75, 3.05) is 0 Å². The predicted octanol–water partition coefficient (Wildman–Crippen LogP) is 8.98. The van der Waals surface area contributed by atoms with Gasteiger partial charge in [-0.05, 0) is 55.3 Å². The van der Waals surface area contributed by atoms with Gasteiger partial charge < -0.3 is 30.3 Å². The van der Waals surface area contributed by atoms with Crippen LogP contribution in [-0.4, -0.2) is 8.80 Å². The Labute approximate surface area is 339 Å². The second-order valence-electron chi connectivity index (χ2n) is 15.2. The first-order valence-electron chi connectivity index (χ1n) is 18.8. The number of rotatable bonds is 5. The van der Waals surface area contributed by atoms with Crippen LogP contribution in [0.3, 0.4) is 0 Å². The first-order chi connectivity index (χ1) is 25.9. The predicted molar refractivity (Wildman–Crippen MR) is 229 cm³/mol. The average Bonchev–Trinajstić information content (AvgIpc) is 4.00. The third-order valence-corrected chi connectivity index (χ3v) is 13.1. The minimum atomic E-state index is -0.831. The molecule has 0 spiro atoms. The van der Waals surface area contributed by atoms with Gasteiger partial charge in [-0.15, -0.1) is 16.3 Å². The van der Waals surface area contributed by atoms with Crippen molar-refractivity contribution in [3.63, 3.8) is 0 Å². The van der Waals surface area contributed by atoms with Gasteiger partial charge in [-0.2, -0.15) is 12.1 Å².